The van der Waals surface area contributed by atoms with E-state index >= 15 is 0 Å². The van der Waals surface area contributed by atoms with Crippen molar-refractivity contribution in [3.8, 4) is 0 Å². The minimum absolute atomic E-state index is 0.126. The molecule has 2 aromatic heterocycles. The molecular weight excluding hydrogens is 292 g/mol. The van der Waals surface area contributed by atoms with Gasteiger partial charge in [-0.1, -0.05) is 11.6 Å². The molecule has 1 aliphatic rings. The van der Waals surface area contributed by atoms with Crippen molar-refractivity contribution in [3.63, 3.8) is 0 Å². The topological polar surface area (TPSA) is 67.2 Å². The standard InChI is InChI=1S/C13H15ClN6O/c1-18-9-16-12(17-18)13(21)20-6-4-19(5-7-20)11-3-2-10(14)8-15-11/h2-3,8-9H,4-7H2,1H3. The second kappa shape index (κ2) is 5.69. The molecule has 1 aliphatic heterocycles. The molecule has 0 saturated carbocycles. The van der Waals surface area contributed by atoms with Gasteiger partial charge in [0.2, 0.25) is 5.82 Å². The Kier molecular flexibility index (Phi) is 3.74. The minimum Gasteiger partial charge on any atom is -0.353 e. The maximum absolute atomic E-state index is 12.2. The van der Waals surface area contributed by atoms with Gasteiger partial charge in [-0.3, -0.25) is 9.48 Å². The van der Waals surface area contributed by atoms with Gasteiger partial charge in [-0.05, 0) is 12.1 Å². The lowest BCUT2D eigenvalue weighted by atomic mass is 10.3. The maximum atomic E-state index is 12.2. The Hall–Kier alpha value is -2.15. The molecular formula is C13H15ClN6O. The third kappa shape index (κ3) is 2.97. The predicted octanol–water partition coefficient (Wildman–Crippen LogP) is 0.826. The van der Waals surface area contributed by atoms with Crippen LogP contribution in [0.5, 0.6) is 0 Å². The number of aromatic nitrogens is 4. The van der Waals surface area contributed by atoms with Gasteiger partial charge in [0, 0.05) is 39.4 Å². The molecule has 7 nitrogen and oxygen atoms in total. The number of aryl methyl sites for hydroxylation is 1. The summed E-state index contributed by atoms with van der Waals surface area (Å²) in [7, 11) is 1.74. The van der Waals surface area contributed by atoms with Crippen molar-refractivity contribution in [1.82, 2.24) is 24.6 Å². The number of carbonyl (C=O) groups excluding carboxylic acids is 1. The summed E-state index contributed by atoms with van der Waals surface area (Å²) in [6.45, 7) is 2.71. The molecule has 3 rings (SSSR count). The van der Waals surface area contributed by atoms with E-state index in [0.29, 0.717) is 18.1 Å². The SMILES string of the molecule is Cn1cnc(C(=O)N2CCN(c3ccc(Cl)cn3)CC2)n1. The maximum Gasteiger partial charge on any atom is 0.293 e. The highest BCUT2D eigenvalue weighted by atomic mass is 35.5. The van der Waals surface area contributed by atoms with Crippen LogP contribution in [0.25, 0.3) is 0 Å². The van der Waals surface area contributed by atoms with Gasteiger partial charge in [0.1, 0.15) is 12.1 Å². The van der Waals surface area contributed by atoms with Crippen LogP contribution < -0.4 is 4.90 Å². The second-order valence-corrected chi connectivity index (χ2v) is 5.29. The van der Waals surface area contributed by atoms with Crippen LogP contribution >= 0.6 is 11.6 Å². The Balaban J connectivity index is 1.62. The van der Waals surface area contributed by atoms with Crippen molar-refractivity contribution in [2.75, 3.05) is 31.1 Å². The zero-order valence-corrected chi connectivity index (χ0v) is 12.4. The molecule has 0 unspecified atom stereocenters. The zero-order chi connectivity index (χ0) is 14.8. The monoisotopic (exact) mass is 306 g/mol. The van der Waals surface area contributed by atoms with E-state index in [1.807, 2.05) is 12.1 Å². The van der Waals surface area contributed by atoms with Crippen molar-refractivity contribution < 1.29 is 4.79 Å². The van der Waals surface area contributed by atoms with Crippen LogP contribution in [0.1, 0.15) is 10.6 Å². The molecule has 3 heterocycles. The number of hydrogen-bond acceptors (Lipinski definition) is 5. The summed E-state index contributed by atoms with van der Waals surface area (Å²) < 4.78 is 1.53. The number of amides is 1. The molecule has 1 amide bonds. The highest BCUT2D eigenvalue weighted by Crippen LogP contribution is 2.16. The van der Waals surface area contributed by atoms with Crippen LogP contribution in [0.2, 0.25) is 5.02 Å². The van der Waals surface area contributed by atoms with Crippen molar-refractivity contribution in [1.29, 1.82) is 0 Å². The Morgan fingerprint density at radius 1 is 1.19 bits per heavy atom. The summed E-state index contributed by atoms with van der Waals surface area (Å²) >= 11 is 5.84. The first-order valence-electron chi connectivity index (χ1n) is 6.65. The van der Waals surface area contributed by atoms with Crippen molar-refractivity contribution in [3.05, 3.63) is 35.5 Å². The van der Waals surface area contributed by atoms with Gasteiger partial charge in [-0.25, -0.2) is 9.97 Å². The first-order chi connectivity index (χ1) is 10.1. The van der Waals surface area contributed by atoms with Gasteiger partial charge in [-0.15, -0.1) is 5.10 Å². The van der Waals surface area contributed by atoms with E-state index in [1.165, 1.54) is 11.0 Å². The van der Waals surface area contributed by atoms with Gasteiger partial charge in [0.05, 0.1) is 5.02 Å². The smallest absolute Gasteiger partial charge is 0.293 e. The van der Waals surface area contributed by atoms with Gasteiger partial charge in [0.15, 0.2) is 0 Å². The Morgan fingerprint density at radius 2 is 1.95 bits per heavy atom. The highest BCUT2D eigenvalue weighted by molar-refractivity contribution is 6.30. The van der Waals surface area contributed by atoms with E-state index in [1.54, 1.807) is 18.1 Å². The fourth-order valence-electron chi connectivity index (χ4n) is 2.27. The Morgan fingerprint density at radius 3 is 2.52 bits per heavy atom. The van der Waals surface area contributed by atoms with E-state index in [9.17, 15) is 4.79 Å². The summed E-state index contributed by atoms with van der Waals surface area (Å²) in [5.74, 6) is 0.998. The van der Waals surface area contributed by atoms with Gasteiger partial charge in [-0.2, -0.15) is 0 Å². The molecule has 0 aromatic carbocycles. The van der Waals surface area contributed by atoms with E-state index in [-0.39, 0.29) is 11.7 Å². The lowest BCUT2D eigenvalue weighted by Gasteiger charge is -2.34. The van der Waals surface area contributed by atoms with Gasteiger partial charge < -0.3 is 9.80 Å². The van der Waals surface area contributed by atoms with Gasteiger partial charge in [0.25, 0.3) is 5.91 Å². The molecule has 2 aromatic rings. The van der Waals surface area contributed by atoms with E-state index in [0.717, 1.165) is 18.9 Å². The minimum atomic E-state index is -0.126. The summed E-state index contributed by atoms with van der Waals surface area (Å²) in [5, 5.41) is 4.67. The molecule has 8 heteroatoms. The number of hydrogen-bond donors (Lipinski definition) is 0. The van der Waals surface area contributed by atoms with Crippen LogP contribution in [0.4, 0.5) is 5.82 Å². The number of piperazine rings is 1. The summed E-state index contributed by atoms with van der Waals surface area (Å²) in [6.07, 6.45) is 3.16. The number of carbonyl (C=O) groups is 1. The van der Waals surface area contributed by atoms with E-state index in [2.05, 4.69) is 20.0 Å². The zero-order valence-electron chi connectivity index (χ0n) is 11.6. The largest absolute Gasteiger partial charge is 0.353 e. The van der Waals surface area contributed by atoms with E-state index in [4.69, 9.17) is 11.6 Å². The lowest BCUT2D eigenvalue weighted by Crippen LogP contribution is -2.49. The number of anilines is 1. The van der Waals surface area contributed by atoms with Crippen molar-refractivity contribution >= 4 is 23.3 Å². The molecule has 1 saturated heterocycles. The molecule has 21 heavy (non-hydrogen) atoms. The molecule has 0 N–H and O–H groups in total. The average molecular weight is 307 g/mol. The number of halogens is 1. The molecule has 1 fully saturated rings. The number of rotatable bonds is 2. The first kappa shape index (κ1) is 13.8. The number of nitrogens with zero attached hydrogens (tertiary/aromatic N) is 6. The van der Waals surface area contributed by atoms with Crippen LogP contribution in [-0.2, 0) is 7.05 Å². The van der Waals surface area contributed by atoms with Crippen LogP contribution in [-0.4, -0.2) is 56.7 Å². The number of pyridine rings is 1. The summed E-state index contributed by atoms with van der Waals surface area (Å²) in [4.78, 5) is 24.4. The molecule has 0 spiro atoms. The third-order valence-corrected chi connectivity index (χ3v) is 3.62. The molecule has 0 atom stereocenters. The average Bonchev–Trinajstić information content (AvgIpc) is 2.94. The molecule has 0 aliphatic carbocycles. The van der Waals surface area contributed by atoms with Gasteiger partial charge >= 0.3 is 0 Å². The van der Waals surface area contributed by atoms with E-state index < -0.39 is 0 Å². The van der Waals surface area contributed by atoms with Crippen LogP contribution in [0.3, 0.4) is 0 Å². The molecule has 110 valence electrons. The molecule has 0 bridgehead atoms. The van der Waals surface area contributed by atoms with Crippen molar-refractivity contribution in [2.24, 2.45) is 7.05 Å². The normalized spacial score (nSPS) is 15.3. The Labute approximate surface area is 127 Å². The lowest BCUT2D eigenvalue weighted by molar-refractivity contribution is 0.0734. The fourth-order valence-corrected chi connectivity index (χ4v) is 2.38. The highest BCUT2D eigenvalue weighted by Gasteiger charge is 2.24. The van der Waals surface area contributed by atoms with Crippen molar-refractivity contribution in [2.45, 2.75) is 0 Å². The Bertz CT molecular complexity index is 632. The quantitative estimate of drug-likeness (QED) is 0.822. The third-order valence-electron chi connectivity index (χ3n) is 3.39. The molecule has 0 radical (unpaired) electrons. The van der Waals surface area contributed by atoms with Crippen LogP contribution in [0.15, 0.2) is 24.7 Å². The second-order valence-electron chi connectivity index (χ2n) is 4.86. The predicted molar refractivity (Wildman–Crippen MR) is 78.4 cm³/mol. The first-order valence-corrected chi connectivity index (χ1v) is 7.03. The summed E-state index contributed by atoms with van der Waals surface area (Å²) in [6, 6.07) is 3.71. The summed E-state index contributed by atoms with van der Waals surface area (Å²) in [5.41, 5.74) is 0. The fraction of sp³-hybridized carbons (Fsp3) is 0.385. The van der Waals surface area contributed by atoms with Crippen LogP contribution in [0, 0.1) is 0 Å².